The minimum atomic E-state index is -1.04. The molecule has 1 amide bonds. The highest BCUT2D eigenvalue weighted by Crippen LogP contribution is 2.15. The second kappa shape index (κ2) is 7.43. The van der Waals surface area contributed by atoms with Gasteiger partial charge in [0.2, 0.25) is 5.91 Å². The predicted molar refractivity (Wildman–Crippen MR) is 91.4 cm³/mol. The zero-order valence-electron chi connectivity index (χ0n) is 14.4. The second-order valence-electron chi connectivity index (χ2n) is 6.21. The number of aromatic nitrogens is 2. The quantitative estimate of drug-likeness (QED) is 0.753. The predicted octanol–water partition coefficient (Wildman–Crippen LogP) is 0.472. The largest absolute Gasteiger partial charge is 0.481 e. The Hall–Kier alpha value is -2.74. The van der Waals surface area contributed by atoms with Crippen molar-refractivity contribution in [2.45, 2.75) is 25.3 Å². The molecule has 134 valence electrons. The first kappa shape index (κ1) is 18.6. The zero-order valence-corrected chi connectivity index (χ0v) is 14.4. The Kier molecular flexibility index (Phi) is 5.53. The number of fused-ring (bicyclic) bond motifs is 1. The van der Waals surface area contributed by atoms with Crippen LogP contribution in [0.1, 0.15) is 19.0 Å². The molecule has 8 nitrogen and oxygen atoms in total. The van der Waals surface area contributed by atoms with Gasteiger partial charge >= 0.3 is 5.97 Å². The van der Waals surface area contributed by atoms with E-state index in [-0.39, 0.29) is 25.0 Å². The number of carboxylic acids is 1. The Morgan fingerprint density at radius 2 is 1.96 bits per heavy atom. The highest BCUT2D eigenvalue weighted by molar-refractivity contribution is 5.88. The van der Waals surface area contributed by atoms with Crippen molar-refractivity contribution >= 4 is 22.6 Å². The van der Waals surface area contributed by atoms with Gasteiger partial charge < -0.3 is 15.2 Å². The first-order chi connectivity index (χ1) is 11.8. The molecule has 0 bridgehead atoms. The summed E-state index contributed by atoms with van der Waals surface area (Å²) >= 11 is 0. The van der Waals surface area contributed by atoms with Crippen LogP contribution in [-0.2, 0) is 27.8 Å². The zero-order chi connectivity index (χ0) is 18.6. The molecule has 1 unspecified atom stereocenters. The van der Waals surface area contributed by atoms with Crippen molar-refractivity contribution in [1.82, 2.24) is 15.1 Å². The van der Waals surface area contributed by atoms with E-state index >= 15 is 0 Å². The van der Waals surface area contributed by atoms with Gasteiger partial charge in [0.25, 0.3) is 5.56 Å². The fourth-order valence-corrected chi connectivity index (χ4v) is 2.82. The van der Waals surface area contributed by atoms with Crippen molar-refractivity contribution in [3.05, 3.63) is 40.3 Å². The van der Waals surface area contributed by atoms with Crippen LogP contribution < -0.4 is 10.9 Å². The summed E-state index contributed by atoms with van der Waals surface area (Å²) in [6.07, 6.45) is -0.346. The number of aliphatic carboxylic acids is 1. The van der Waals surface area contributed by atoms with Gasteiger partial charge in [0.05, 0.1) is 36.1 Å². The van der Waals surface area contributed by atoms with E-state index in [2.05, 4.69) is 10.4 Å². The summed E-state index contributed by atoms with van der Waals surface area (Å²) < 4.78 is 6.22. The van der Waals surface area contributed by atoms with E-state index in [1.54, 1.807) is 31.2 Å². The number of amides is 1. The highest BCUT2D eigenvalue weighted by atomic mass is 16.5. The minimum Gasteiger partial charge on any atom is -0.481 e. The van der Waals surface area contributed by atoms with Crippen LogP contribution in [0, 0.1) is 0 Å². The van der Waals surface area contributed by atoms with Crippen molar-refractivity contribution in [2.24, 2.45) is 7.05 Å². The van der Waals surface area contributed by atoms with Gasteiger partial charge in [0.1, 0.15) is 0 Å². The molecule has 1 heterocycles. The molecular formula is C17H21N3O5. The molecule has 0 fully saturated rings. The molecule has 0 saturated carbocycles. The number of carboxylic acid groups (broad SMARTS) is 1. The molecule has 0 spiro atoms. The standard InChI is InChI=1S/C17H21N3O5/c1-17(10-25-3,9-15(22)23)18-14(21)8-13-11-6-4-5-7-12(11)16(24)20(2)19-13/h4-7H,8-10H2,1-3H3,(H,18,21)(H,22,23). The fraction of sp³-hybridized carbons (Fsp3) is 0.412. The summed E-state index contributed by atoms with van der Waals surface area (Å²) in [7, 11) is 2.96. The van der Waals surface area contributed by atoms with E-state index < -0.39 is 17.4 Å². The maximum Gasteiger partial charge on any atom is 0.305 e. The van der Waals surface area contributed by atoms with E-state index in [1.165, 1.54) is 18.8 Å². The molecule has 2 aromatic rings. The molecule has 0 saturated heterocycles. The Balaban J connectivity index is 2.29. The van der Waals surface area contributed by atoms with Crippen LogP contribution in [0.5, 0.6) is 0 Å². The van der Waals surface area contributed by atoms with Crippen molar-refractivity contribution in [1.29, 1.82) is 0 Å². The molecule has 2 rings (SSSR count). The van der Waals surface area contributed by atoms with Crippen LogP contribution in [0.15, 0.2) is 29.1 Å². The van der Waals surface area contributed by atoms with E-state index in [0.717, 1.165) is 0 Å². The van der Waals surface area contributed by atoms with Crippen LogP contribution >= 0.6 is 0 Å². The molecule has 0 aliphatic carbocycles. The number of carbonyl (C=O) groups excluding carboxylic acids is 1. The van der Waals surface area contributed by atoms with Crippen molar-refractivity contribution in [2.75, 3.05) is 13.7 Å². The SMILES string of the molecule is COCC(C)(CC(=O)O)NC(=O)Cc1nn(C)c(=O)c2ccccc12. The van der Waals surface area contributed by atoms with Gasteiger partial charge in [0, 0.05) is 19.5 Å². The lowest BCUT2D eigenvalue weighted by atomic mass is 9.98. The first-order valence-corrected chi connectivity index (χ1v) is 7.72. The van der Waals surface area contributed by atoms with Crippen LogP contribution in [-0.4, -0.2) is 46.0 Å². The number of ether oxygens (including phenoxy) is 1. The molecular weight excluding hydrogens is 326 g/mol. The normalized spacial score (nSPS) is 13.4. The third-order valence-electron chi connectivity index (χ3n) is 3.81. The third kappa shape index (κ3) is 4.42. The molecule has 0 radical (unpaired) electrons. The first-order valence-electron chi connectivity index (χ1n) is 7.72. The van der Waals surface area contributed by atoms with Crippen LogP contribution in [0.25, 0.3) is 10.8 Å². The minimum absolute atomic E-state index is 0.0620. The molecule has 1 atom stereocenters. The van der Waals surface area contributed by atoms with Gasteiger partial charge in [-0.1, -0.05) is 18.2 Å². The third-order valence-corrected chi connectivity index (χ3v) is 3.81. The smallest absolute Gasteiger partial charge is 0.305 e. The Morgan fingerprint density at radius 1 is 1.32 bits per heavy atom. The highest BCUT2D eigenvalue weighted by Gasteiger charge is 2.30. The van der Waals surface area contributed by atoms with Gasteiger partial charge in [-0.15, -0.1) is 0 Å². The van der Waals surface area contributed by atoms with Gasteiger partial charge in [-0.2, -0.15) is 5.10 Å². The molecule has 0 aliphatic rings. The molecule has 25 heavy (non-hydrogen) atoms. The maximum atomic E-state index is 12.4. The average molecular weight is 347 g/mol. The molecule has 2 N–H and O–H groups in total. The van der Waals surface area contributed by atoms with E-state index in [0.29, 0.717) is 16.5 Å². The lowest BCUT2D eigenvalue weighted by molar-refractivity contribution is -0.139. The summed E-state index contributed by atoms with van der Waals surface area (Å²) in [5.74, 6) is -1.43. The van der Waals surface area contributed by atoms with Crippen LogP contribution in [0.2, 0.25) is 0 Å². The van der Waals surface area contributed by atoms with Gasteiger partial charge in [0.15, 0.2) is 0 Å². The molecule has 0 aliphatic heterocycles. The fourth-order valence-electron chi connectivity index (χ4n) is 2.82. The lowest BCUT2D eigenvalue weighted by Gasteiger charge is -2.28. The lowest BCUT2D eigenvalue weighted by Crippen LogP contribution is -2.51. The number of carbonyl (C=O) groups is 2. The number of hydrogen-bond acceptors (Lipinski definition) is 5. The molecule has 8 heteroatoms. The number of hydrogen-bond donors (Lipinski definition) is 2. The number of methoxy groups -OCH3 is 1. The van der Waals surface area contributed by atoms with Gasteiger partial charge in [-0.05, 0) is 13.0 Å². The van der Waals surface area contributed by atoms with Crippen LogP contribution in [0.3, 0.4) is 0 Å². The van der Waals surface area contributed by atoms with Gasteiger partial charge in [-0.25, -0.2) is 4.68 Å². The summed E-state index contributed by atoms with van der Waals surface area (Å²) in [6.45, 7) is 1.67. The Labute approximate surface area is 144 Å². The van der Waals surface area contributed by atoms with Crippen LogP contribution in [0.4, 0.5) is 0 Å². The number of nitrogens with one attached hydrogen (secondary N) is 1. The summed E-state index contributed by atoms with van der Waals surface area (Å²) in [6, 6.07) is 6.93. The number of aryl methyl sites for hydroxylation is 1. The molecule has 1 aromatic carbocycles. The summed E-state index contributed by atoms with van der Waals surface area (Å²) in [5.41, 5.74) is -0.825. The second-order valence-corrected chi connectivity index (χ2v) is 6.21. The van der Waals surface area contributed by atoms with E-state index in [4.69, 9.17) is 9.84 Å². The van der Waals surface area contributed by atoms with Gasteiger partial charge in [-0.3, -0.25) is 14.4 Å². The van der Waals surface area contributed by atoms with Crippen molar-refractivity contribution in [3.63, 3.8) is 0 Å². The summed E-state index contributed by atoms with van der Waals surface area (Å²) in [5, 5.41) is 17.0. The Morgan fingerprint density at radius 3 is 2.56 bits per heavy atom. The number of benzene rings is 1. The van der Waals surface area contributed by atoms with E-state index in [1.807, 2.05) is 0 Å². The number of rotatable bonds is 7. The monoisotopic (exact) mass is 347 g/mol. The Bertz CT molecular complexity index is 861. The topological polar surface area (TPSA) is 111 Å². The van der Waals surface area contributed by atoms with Crippen molar-refractivity contribution < 1.29 is 19.4 Å². The maximum absolute atomic E-state index is 12.4. The summed E-state index contributed by atoms with van der Waals surface area (Å²) in [4.78, 5) is 35.6. The average Bonchev–Trinajstić information content (AvgIpc) is 2.51. The van der Waals surface area contributed by atoms with Crippen molar-refractivity contribution in [3.8, 4) is 0 Å². The van der Waals surface area contributed by atoms with E-state index in [9.17, 15) is 14.4 Å². The number of nitrogens with zero attached hydrogens (tertiary/aromatic N) is 2. The molecule has 1 aromatic heterocycles.